The highest BCUT2D eigenvalue weighted by atomic mass is 16.5. The van der Waals surface area contributed by atoms with Gasteiger partial charge in [-0.3, -0.25) is 10.1 Å². The molecule has 1 aliphatic carbocycles. The zero-order chi connectivity index (χ0) is 15.3. The Morgan fingerprint density at radius 3 is 2.52 bits per heavy atom. The molecule has 116 valence electrons. The minimum Gasteiger partial charge on any atom is -0.497 e. The van der Waals surface area contributed by atoms with Crippen molar-refractivity contribution in [2.45, 2.75) is 51.1 Å². The average Bonchev–Trinajstić information content (AvgIpc) is 3.30. The van der Waals surface area contributed by atoms with Gasteiger partial charge in [-0.15, -0.1) is 0 Å². The second kappa shape index (κ2) is 6.94. The van der Waals surface area contributed by atoms with E-state index >= 15 is 0 Å². The van der Waals surface area contributed by atoms with Crippen molar-refractivity contribution in [3.8, 4) is 5.75 Å². The van der Waals surface area contributed by atoms with E-state index < -0.39 is 5.54 Å². The van der Waals surface area contributed by atoms with Gasteiger partial charge in [0.05, 0.1) is 13.7 Å². The molecule has 1 aromatic rings. The number of hydrogen-bond donors (Lipinski definition) is 1. The fourth-order valence-electron chi connectivity index (χ4n) is 2.39. The van der Waals surface area contributed by atoms with Crippen LogP contribution in [0.3, 0.4) is 0 Å². The number of nitrogens with one attached hydrogen (secondary N) is 1. The Morgan fingerprint density at radius 1 is 1.33 bits per heavy atom. The van der Waals surface area contributed by atoms with E-state index in [4.69, 9.17) is 9.47 Å². The van der Waals surface area contributed by atoms with E-state index in [9.17, 15) is 4.79 Å². The number of aryl methyl sites for hydroxylation is 1. The predicted octanol–water partition coefficient (Wildman–Crippen LogP) is 2.70. The first-order valence-electron chi connectivity index (χ1n) is 7.65. The summed E-state index contributed by atoms with van der Waals surface area (Å²) in [6.45, 7) is 4.22. The first kappa shape index (κ1) is 15.8. The first-order chi connectivity index (χ1) is 10.1. The Bertz CT molecular complexity index is 467. The molecule has 2 rings (SSSR count). The summed E-state index contributed by atoms with van der Waals surface area (Å²) >= 11 is 0. The number of carbonyl (C=O) groups excluding carboxylic acids is 1. The lowest BCUT2D eigenvalue weighted by Crippen LogP contribution is -2.51. The molecule has 0 aromatic heterocycles. The summed E-state index contributed by atoms with van der Waals surface area (Å²) in [5.41, 5.74) is 0.598. The maximum absolute atomic E-state index is 12.2. The van der Waals surface area contributed by atoms with Crippen LogP contribution in [-0.4, -0.2) is 31.3 Å². The second-order valence-electron chi connectivity index (χ2n) is 5.82. The monoisotopic (exact) mass is 291 g/mol. The Kier molecular flexibility index (Phi) is 5.23. The van der Waals surface area contributed by atoms with E-state index in [2.05, 4.69) is 5.32 Å². The fourth-order valence-corrected chi connectivity index (χ4v) is 2.39. The van der Waals surface area contributed by atoms with Crippen LogP contribution in [0.5, 0.6) is 5.75 Å². The average molecular weight is 291 g/mol. The highest BCUT2D eigenvalue weighted by Gasteiger charge is 2.39. The predicted molar refractivity (Wildman–Crippen MR) is 82.5 cm³/mol. The van der Waals surface area contributed by atoms with Crippen LogP contribution in [0.25, 0.3) is 0 Å². The quantitative estimate of drug-likeness (QED) is 0.748. The molecule has 1 aliphatic rings. The molecule has 4 heteroatoms. The third kappa shape index (κ3) is 4.46. The lowest BCUT2D eigenvalue weighted by atomic mass is 9.93. The van der Waals surface area contributed by atoms with E-state index in [1.54, 1.807) is 7.11 Å². The number of ether oxygens (including phenoxy) is 2. The van der Waals surface area contributed by atoms with Gasteiger partial charge >= 0.3 is 5.97 Å². The molecule has 1 atom stereocenters. The normalized spacial score (nSPS) is 17.1. The van der Waals surface area contributed by atoms with Gasteiger partial charge in [0.2, 0.25) is 0 Å². The molecule has 1 N–H and O–H groups in total. The lowest BCUT2D eigenvalue weighted by molar-refractivity contribution is -0.150. The van der Waals surface area contributed by atoms with E-state index in [0.29, 0.717) is 12.6 Å². The zero-order valence-corrected chi connectivity index (χ0v) is 13.1. The fraction of sp³-hybridized carbons (Fsp3) is 0.588. The van der Waals surface area contributed by atoms with E-state index in [1.807, 2.05) is 38.1 Å². The SMILES string of the molecule is CCOC(=O)C(C)(CCc1ccc(OC)cc1)NC1CC1. The number of carbonyl (C=O) groups is 1. The summed E-state index contributed by atoms with van der Waals surface area (Å²) < 4.78 is 10.4. The standard InChI is InChI=1S/C17H25NO3/c1-4-21-16(19)17(2,18-14-7-8-14)12-11-13-5-9-15(20-3)10-6-13/h5-6,9-10,14,18H,4,7-8,11-12H2,1-3H3. The summed E-state index contributed by atoms with van der Waals surface area (Å²) in [5, 5.41) is 3.45. The zero-order valence-electron chi connectivity index (χ0n) is 13.1. The highest BCUT2D eigenvalue weighted by molar-refractivity contribution is 5.80. The molecular weight excluding hydrogens is 266 g/mol. The third-order valence-corrected chi connectivity index (χ3v) is 3.90. The molecule has 1 fully saturated rings. The number of rotatable bonds is 8. The van der Waals surface area contributed by atoms with Crippen molar-refractivity contribution >= 4 is 5.97 Å². The van der Waals surface area contributed by atoms with Gasteiger partial charge in [-0.2, -0.15) is 0 Å². The first-order valence-corrected chi connectivity index (χ1v) is 7.65. The van der Waals surface area contributed by atoms with Crippen molar-refractivity contribution in [1.29, 1.82) is 0 Å². The molecule has 0 spiro atoms. The van der Waals surface area contributed by atoms with Crippen LogP contribution in [0.15, 0.2) is 24.3 Å². The largest absolute Gasteiger partial charge is 0.497 e. The topological polar surface area (TPSA) is 47.6 Å². The molecule has 0 bridgehead atoms. The van der Waals surface area contributed by atoms with Gasteiger partial charge in [0.15, 0.2) is 0 Å². The molecule has 0 aliphatic heterocycles. The summed E-state index contributed by atoms with van der Waals surface area (Å²) in [4.78, 5) is 12.2. The number of esters is 1. The van der Waals surface area contributed by atoms with Crippen molar-refractivity contribution in [3.63, 3.8) is 0 Å². The Hall–Kier alpha value is -1.55. The van der Waals surface area contributed by atoms with E-state index in [-0.39, 0.29) is 5.97 Å². The molecule has 0 amide bonds. The maximum atomic E-state index is 12.2. The van der Waals surface area contributed by atoms with Crippen molar-refractivity contribution in [2.75, 3.05) is 13.7 Å². The van der Waals surface area contributed by atoms with Crippen LogP contribution < -0.4 is 10.1 Å². The van der Waals surface area contributed by atoms with Crippen molar-refractivity contribution < 1.29 is 14.3 Å². The van der Waals surface area contributed by atoms with Crippen molar-refractivity contribution in [3.05, 3.63) is 29.8 Å². The second-order valence-corrected chi connectivity index (χ2v) is 5.82. The molecule has 0 saturated heterocycles. The summed E-state index contributed by atoms with van der Waals surface area (Å²) in [6.07, 6.45) is 3.86. The van der Waals surface area contributed by atoms with Crippen LogP contribution in [0.2, 0.25) is 0 Å². The van der Waals surface area contributed by atoms with E-state index in [1.165, 1.54) is 5.56 Å². The van der Waals surface area contributed by atoms with E-state index in [0.717, 1.165) is 31.4 Å². The third-order valence-electron chi connectivity index (χ3n) is 3.90. The van der Waals surface area contributed by atoms with Gasteiger partial charge in [-0.1, -0.05) is 12.1 Å². The van der Waals surface area contributed by atoms with Crippen LogP contribution in [0.4, 0.5) is 0 Å². The van der Waals surface area contributed by atoms with Crippen molar-refractivity contribution in [2.24, 2.45) is 0 Å². The number of benzene rings is 1. The van der Waals surface area contributed by atoms with Gasteiger partial charge < -0.3 is 9.47 Å². The molecule has 1 aromatic carbocycles. The molecule has 21 heavy (non-hydrogen) atoms. The molecule has 4 nitrogen and oxygen atoms in total. The van der Waals surface area contributed by atoms with Crippen molar-refractivity contribution in [1.82, 2.24) is 5.32 Å². The van der Waals surface area contributed by atoms with Crippen LogP contribution in [0.1, 0.15) is 38.7 Å². The van der Waals surface area contributed by atoms with Gasteiger partial charge in [-0.05, 0) is 57.2 Å². The maximum Gasteiger partial charge on any atom is 0.326 e. The van der Waals surface area contributed by atoms with Crippen LogP contribution in [0, 0.1) is 0 Å². The Balaban J connectivity index is 1.98. The molecule has 0 radical (unpaired) electrons. The molecule has 1 saturated carbocycles. The number of hydrogen-bond acceptors (Lipinski definition) is 4. The van der Waals surface area contributed by atoms with Gasteiger partial charge in [-0.25, -0.2) is 0 Å². The Labute approximate surface area is 126 Å². The Morgan fingerprint density at radius 2 is 2.00 bits per heavy atom. The minimum absolute atomic E-state index is 0.148. The summed E-state index contributed by atoms with van der Waals surface area (Å²) in [7, 11) is 1.66. The molecular formula is C17H25NO3. The highest BCUT2D eigenvalue weighted by Crippen LogP contribution is 2.26. The van der Waals surface area contributed by atoms with Gasteiger partial charge in [0.1, 0.15) is 11.3 Å². The van der Waals surface area contributed by atoms with Gasteiger partial charge in [0, 0.05) is 6.04 Å². The minimum atomic E-state index is -0.600. The van der Waals surface area contributed by atoms with Crippen LogP contribution >= 0.6 is 0 Å². The van der Waals surface area contributed by atoms with Crippen LogP contribution in [-0.2, 0) is 16.0 Å². The molecule has 1 unspecified atom stereocenters. The smallest absolute Gasteiger partial charge is 0.326 e. The van der Waals surface area contributed by atoms with Gasteiger partial charge in [0.25, 0.3) is 0 Å². The lowest BCUT2D eigenvalue weighted by Gasteiger charge is -2.28. The summed E-state index contributed by atoms with van der Waals surface area (Å²) in [5.74, 6) is 0.702. The molecule has 0 heterocycles. The number of methoxy groups -OCH3 is 1. The summed E-state index contributed by atoms with van der Waals surface area (Å²) in [6, 6.07) is 8.45.